The predicted octanol–water partition coefficient (Wildman–Crippen LogP) is 2.26. The Kier molecular flexibility index (Phi) is 7.83. The van der Waals surface area contributed by atoms with Crippen LogP contribution >= 0.6 is 11.3 Å². The van der Waals surface area contributed by atoms with Gasteiger partial charge in [0, 0.05) is 18.0 Å². The summed E-state index contributed by atoms with van der Waals surface area (Å²) in [5.74, 6) is 0. The lowest BCUT2D eigenvalue weighted by Gasteiger charge is -2.08. The molecule has 0 aromatic carbocycles. The van der Waals surface area contributed by atoms with Gasteiger partial charge in [-0.15, -0.1) is 11.3 Å². The van der Waals surface area contributed by atoms with Crippen molar-refractivity contribution in [1.82, 2.24) is 10.0 Å². The highest BCUT2D eigenvalue weighted by Gasteiger charge is 2.18. The van der Waals surface area contributed by atoms with E-state index in [2.05, 4.69) is 17.0 Å². The first-order valence-corrected chi connectivity index (χ1v) is 9.58. The Labute approximate surface area is 132 Å². The van der Waals surface area contributed by atoms with Crippen molar-refractivity contribution in [3.05, 3.63) is 16.5 Å². The minimum Gasteiger partial charge on any atom is -0.377 e. The zero-order valence-electron chi connectivity index (χ0n) is 13.2. The van der Waals surface area contributed by atoms with Crippen molar-refractivity contribution in [3.63, 3.8) is 0 Å². The van der Waals surface area contributed by atoms with Crippen molar-refractivity contribution in [3.8, 4) is 0 Å². The van der Waals surface area contributed by atoms with E-state index in [4.69, 9.17) is 4.74 Å². The molecule has 0 fully saturated rings. The topological polar surface area (TPSA) is 67.4 Å². The van der Waals surface area contributed by atoms with Crippen molar-refractivity contribution < 1.29 is 13.2 Å². The second-order valence-electron chi connectivity index (χ2n) is 5.17. The standard InChI is InChI=1S/C14H26N2O3S2/c1-5-6-15-10-13-12(4)9-14(20-13)21(17,18)16-7-8-19-11(2)3/h9,11,15-16H,5-8,10H2,1-4H3. The van der Waals surface area contributed by atoms with Crippen LogP contribution in [0.4, 0.5) is 0 Å². The van der Waals surface area contributed by atoms with Crippen LogP contribution in [0.15, 0.2) is 10.3 Å². The van der Waals surface area contributed by atoms with Crippen LogP contribution in [0.25, 0.3) is 0 Å². The van der Waals surface area contributed by atoms with Crippen LogP contribution in [0.5, 0.6) is 0 Å². The Hall–Kier alpha value is -0.470. The molecule has 0 bridgehead atoms. The average molecular weight is 335 g/mol. The number of hydrogen-bond acceptors (Lipinski definition) is 5. The molecule has 5 nitrogen and oxygen atoms in total. The number of thiophene rings is 1. The molecule has 0 aliphatic heterocycles. The second kappa shape index (κ2) is 8.85. The molecule has 0 saturated heterocycles. The highest BCUT2D eigenvalue weighted by molar-refractivity contribution is 7.91. The molecule has 122 valence electrons. The third-order valence-corrected chi connectivity index (χ3v) is 5.99. The summed E-state index contributed by atoms with van der Waals surface area (Å²) >= 11 is 1.33. The Morgan fingerprint density at radius 2 is 2.05 bits per heavy atom. The maximum atomic E-state index is 12.2. The first-order valence-electron chi connectivity index (χ1n) is 7.28. The summed E-state index contributed by atoms with van der Waals surface area (Å²) in [6, 6.07) is 1.74. The molecule has 0 unspecified atom stereocenters. The number of nitrogens with one attached hydrogen (secondary N) is 2. The lowest BCUT2D eigenvalue weighted by Crippen LogP contribution is -2.27. The summed E-state index contributed by atoms with van der Waals surface area (Å²) in [6.07, 6.45) is 1.17. The highest BCUT2D eigenvalue weighted by Crippen LogP contribution is 2.25. The molecule has 21 heavy (non-hydrogen) atoms. The molecule has 7 heteroatoms. The van der Waals surface area contributed by atoms with Gasteiger partial charge in [0.15, 0.2) is 0 Å². The van der Waals surface area contributed by atoms with Gasteiger partial charge in [-0.25, -0.2) is 13.1 Å². The Balaban J connectivity index is 2.60. The summed E-state index contributed by atoms with van der Waals surface area (Å²) in [5, 5.41) is 3.30. The van der Waals surface area contributed by atoms with Gasteiger partial charge in [-0.05, 0) is 45.4 Å². The lowest BCUT2D eigenvalue weighted by molar-refractivity contribution is 0.0834. The number of hydrogen-bond donors (Lipinski definition) is 2. The number of sulfonamides is 1. The monoisotopic (exact) mass is 334 g/mol. The van der Waals surface area contributed by atoms with E-state index < -0.39 is 10.0 Å². The molecular weight excluding hydrogens is 308 g/mol. The summed E-state index contributed by atoms with van der Waals surface area (Å²) in [7, 11) is -3.43. The average Bonchev–Trinajstić information content (AvgIpc) is 2.77. The quantitative estimate of drug-likeness (QED) is 0.644. The van der Waals surface area contributed by atoms with Crippen molar-refractivity contribution >= 4 is 21.4 Å². The fraction of sp³-hybridized carbons (Fsp3) is 0.714. The van der Waals surface area contributed by atoms with Gasteiger partial charge >= 0.3 is 0 Å². The molecule has 1 aromatic rings. The van der Waals surface area contributed by atoms with E-state index in [0.717, 1.165) is 30.0 Å². The molecule has 0 radical (unpaired) electrons. The first kappa shape index (κ1) is 18.6. The molecule has 0 saturated carbocycles. The molecule has 1 aromatic heterocycles. The van der Waals surface area contributed by atoms with Crippen molar-refractivity contribution in [2.75, 3.05) is 19.7 Å². The zero-order chi connectivity index (χ0) is 15.9. The molecule has 1 heterocycles. The summed E-state index contributed by atoms with van der Waals surface area (Å²) in [6.45, 7) is 10.2. The molecule has 1 rings (SSSR count). The molecule has 0 atom stereocenters. The van der Waals surface area contributed by atoms with E-state index in [1.807, 2.05) is 20.8 Å². The second-order valence-corrected chi connectivity index (χ2v) is 8.30. The van der Waals surface area contributed by atoms with Gasteiger partial charge in [0.25, 0.3) is 0 Å². The Bertz CT molecular complexity index is 524. The maximum Gasteiger partial charge on any atom is 0.250 e. The van der Waals surface area contributed by atoms with Gasteiger partial charge in [0.1, 0.15) is 4.21 Å². The third kappa shape index (κ3) is 6.44. The summed E-state index contributed by atoms with van der Waals surface area (Å²) in [5.41, 5.74) is 1.02. The maximum absolute atomic E-state index is 12.2. The predicted molar refractivity (Wildman–Crippen MR) is 87.3 cm³/mol. The van der Waals surface area contributed by atoms with Crippen LogP contribution in [0.1, 0.15) is 37.6 Å². The Morgan fingerprint density at radius 1 is 1.33 bits per heavy atom. The molecule has 0 amide bonds. The van der Waals surface area contributed by atoms with Crippen LogP contribution < -0.4 is 10.0 Å². The first-order chi connectivity index (χ1) is 9.86. The fourth-order valence-corrected chi connectivity index (χ4v) is 4.33. The van der Waals surface area contributed by atoms with Crippen LogP contribution in [0.3, 0.4) is 0 Å². The minimum absolute atomic E-state index is 0.106. The number of aryl methyl sites for hydroxylation is 1. The van der Waals surface area contributed by atoms with Gasteiger partial charge < -0.3 is 10.1 Å². The normalized spacial score (nSPS) is 12.2. The number of rotatable bonds is 10. The van der Waals surface area contributed by atoms with Gasteiger partial charge in [-0.2, -0.15) is 0 Å². The fourth-order valence-electron chi connectivity index (χ4n) is 1.72. The summed E-state index contributed by atoms with van der Waals surface area (Å²) < 4.78 is 32.7. The summed E-state index contributed by atoms with van der Waals surface area (Å²) in [4.78, 5) is 1.07. The van der Waals surface area contributed by atoms with Gasteiger partial charge in [0.05, 0.1) is 12.7 Å². The lowest BCUT2D eigenvalue weighted by atomic mass is 10.3. The Morgan fingerprint density at radius 3 is 2.67 bits per heavy atom. The smallest absolute Gasteiger partial charge is 0.250 e. The van der Waals surface area contributed by atoms with Crippen molar-refractivity contribution in [1.29, 1.82) is 0 Å². The van der Waals surface area contributed by atoms with Crippen LogP contribution in [0, 0.1) is 6.92 Å². The van der Waals surface area contributed by atoms with Gasteiger partial charge in [-0.1, -0.05) is 6.92 Å². The van der Waals surface area contributed by atoms with E-state index in [1.54, 1.807) is 6.07 Å². The van der Waals surface area contributed by atoms with Crippen LogP contribution in [-0.2, 0) is 21.3 Å². The zero-order valence-corrected chi connectivity index (χ0v) is 14.9. The van der Waals surface area contributed by atoms with Crippen LogP contribution in [-0.4, -0.2) is 34.2 Å². The minimum atomic E-state index is -3.43. The molecule has 0 aliphatic rings. The van der Waals surface area contributed by atoms with E-state index in [-0.39, 0.29) is 6.10 Å². The van der Waals surface area contributed by atoms with E-state index >= 15 is 0 Å². The van der Waals surface area contributed by atoms with Crippen molar-refractivity contribution in [2.45, 2.75) is 51.0 Å². The number of ether oxygens (including phenoxy) is 1. The highest BCUT2D eigenvalue weighted by atomic mass is 32.2. The van der Waals surface area contributed by atoms with E-state index in [9.17, 15) is 8.42 Å². The van der Waals surface area contributed by atoms with E-state index in [0.29, 0.717) is 17.4 Å². The van der Waals surface area contributed by atoms with Crippen LogP contribution in [0.2, 0.25) is 0 Å². The largest absolute Gasteiger partial charge is 0.377 e. The molecule has 0 aliphatic carbocycles. The van der Waals surface area contributed by atoms with Crippen molar-refractivity contribution in [2.24, 2.45) is 0 Å². The van der Waals surface area contributed by atoms with E-state index in [1.165, 1.54) is 11.3 Å². The SMILES string of the molecule is CCCNCc1sc(S(=O)(=O)NCCOC(C)C)cc1C. The third-order valence-electron chi connectivity index (χ3n) is 2.82. The molecular formula is C14H26N2O3S2. The molecule has 2 N–H and O–H groups in total. The molecule has 0 spiro atoms. The van der Waals surface area contributed by atoms with Gasteiger partial charge in [-0.3, -0.25) is 0 Å². The van der Waals surface area contributed by atoms with Gasteiger partial charge in [0.2, 0.25) is 10.0 Å².